The van der Waals surface area contributed by atoms with Gasteiger partial charge in [-0.1, -0.05) is 0 Å². The van der Waals surface area contributed by atoms with Crippen LogP contribution in [-0.4, -0.2) is 48.4 Å². The maximum atomic E-state index is 11.5. The predicted molar refractivity (Wildman–Crippen MR) is 67.4 cm³/mol. The van der Waals surface area contributed by atoms with E-state index in [-0.39, 0.29) is 5.91 Å². The monoisotopic (exact) mass is 252 g/mol. The second-order valence-electron chi connectivity index (χ2n) is 4.40. The molecule has 0 saturated carbocycles. The summed E-state index contributed by atoms with van der Waals surface area (Å²) in [5.41, 5.74) is 0.495. The number of nitrogens with one attached hydrogen (secondary N) is 3. The molecule has 0 atom stereocenters. The zero-order chi connectivity index (χ0) is 12.6. The third kappa shape index (κ3) is 4.12. The maximum Gasteiger partial charge on any atom is 0.269 e. The second kappa shape index (κ2) is 7.13. The first-order valence-electron chi connectivity index (χ1n) is 6.46. The van der Waals surface area contributed by atoms with Gasteiger partial charge in [0.15, 0.2) is 0 Å². The zero-order valence-corrected chi connectivity index (χ0v) is 10.4. The van der Waals surface area contributed by atoms with Crippen LogP contribution >= 0.6 is 0 Å². The van der Waals surface area contributed by atoms with Gasteiger partial charge in [0.2, 0.25) is 0 Å². The van der Waals surface area contributed by atoms with Crippen molar-refractivity contribution in [3.8, 4) is 0 Å². The number of nitrogens with zero attached hydrogens (tertiary/aromatic N) is 1. The van der Waals surface area contributed by atoms with Gasteiger partial charge in [-0.3, -0.25) is 9.89 Å². The lowest BCUT2D eigenvalue weighted by Gasteiger charge is -2.22. The lowest BCUT2D eigenvalue weighted by molar-refractivity contribution is 0.0317. The van der Waals surface area contributed by atoms with Crippen molar-refractivity contribution in [3.05, 3.63) is 18.0 Å². The smallest absolute Gasteiger partial charge is 0.269 e. The van der Waals surface area contributed by atoms with Gasteiger partial charge >= 0.3 is 0 Å². The molecule has 2 heterocycles. The number of carbonyl (C=O) groups excluding carboxylic acids is 1. The van der Waals surface area contributed by atoms with Gasteiger partial charge in [-0.25, -0.2) is 0 Å². The molecule has 0 spiro atoms. The molecule has 100 valence electrons. The number of piperidine rings is 1. The SMILES string of the molecule is O=C(NCCCOC1CCNCC1)c1ccn[nH]1. The third-order valence-corrected chi connectivity index (χ3v) is 2.99. The molecule has 0 unspecified atom stereocenters. The van der Waals surface area contributed by atoms with E-state index < -0.39 is 0 Å². The highest BCUT2D eigenvalue weighted by molar-refractivity contribution is 5.91. The predicted octanol–water partition coefficient (Wildman–Crippen LogP) is 0.298. The molecule has 6 nitrogen and oxygen atoms in total. The Morgan fingerprint density at radius 2 is 2.33 bits per heavy atom. The molecule has 0 bridgehead atoms. The van der Waals surface area contributed by atoms with E-state index in [4.69, 9.17) is 4.74 Å². The average Bonchev–Trinajstić information content (AvgIpc) is 2.93. The van der Waals surface area contributed by atoms with Gasteiger partial charge in [-0.2, -0.15) is 5.10 Å². The van der Waals surface area contributed by atoms with Gasteiger partial charge in [-0.05, 0) is 38.4 Å². The molecule has 1 aromatic rings. The number of rotatable bonds is 6. The molecular weight excluding hydrogens is 232 g/mol. The van der Waals surface area contributed by atoms with Gasteiger partial charge < -0.3 is 15.4 Å². The topological polar surface area (TPSA) is 79.0 Å². The van der Waals surface area contributed by atoms with Gasteiger partial charge in [0.1, 0.15) is 5.69 Å². The van der Waals surface area contributed by atoms with Crippen molar-refractivity contribution in [2.24, 2.45) is 0 Å². The minimum atomic E-state index is -0.116. The zero-order valence-electron chi connectivity index (χ0n) is 10.4. The van der Waals surface area contributed by atoms with Crippen molar-refractivity contribution in [1.29, 1.82) is 0 Å². The lowest BCUT2D eigenvalue weighted by atomic mass is 10.1. The second-order valence-corrected chi connectivity index (χ2v) is 4.40. The summed E-state index contributed by atoms with van der Waals surface area (Å²) in [6, 6.07) is 1.65. The summed E-state index contributed by atoms with van der Waals surface area (Å²) in [6.45, 7) is 3.42. The van der Waals surface area contributed by atoms with E-state index in [2.05, 4.69) is 20.8 Å². The highest BCUT2D eigenvalue weighted by Crippen LogP contribution is 2.07. The Labute approximate surface area is 106 Å². The highest BCUT2D eigenvalue weighted by Gasteiger charge is 2.12. The number of amides is 1. The molecular formula is C12H20N4O2. The van der Waals surface area contributed by atoms with Crippen molar-refractivity contribution in [1.82, 2.24) is 20.8 Å². The summed E-state index contributed by atoms with van der Waals surface area (Å²) < 4.78 is 5.74. The van der Waals surface area contributed by atoms with Crippen LogP contribution in [0.2, 0.25) is 0 Å². The number of H-pyrrole nitrogens is 1. The summed E-state index contributed by atoms with van der Waals surface area (Å²) >= 11 is 0. The Balaban J connectivity index is 1.52. The molecule has 3 N–H and O–H groups in total. The number of ether oxygens (including phenoxy) is 1. The summed E-state index contributed by atoms with van der Waals surface area (Å²) in [5, 5.41) is 12.5. The summed E-state index contributed by atoms with van der Waals surface area (Å²) in [4.78, 5) is 11.5. The third-order valence-electron chi connectivity index (χ3n) is 2.99. The highest BCUT2D eigenvalue weighted by atomic mass is 16.5. The fraction of sp³-hybridized carbons (Fsp3) is 0.667. The first-order valence-corrected chi connectivity index (χ1v) is 6.46. The van der Waals surface area contributed by atoms with Crippen LogP contribution in [0.15, 0.2) is 12.3 Å². The van der Waals surface area contributed by atoms with Crippen molar-refractivity contribution in [3.63, 3.8) is 0 Å². The normalized spacial score (nSPS) is 16.7. The van der Waals surface area contributed by atoms with Crippen LogP contribution in [0.1, 0.15) is 29.8 Å². The largest absolute Gasteiger partial charge is 0.378 e. The minimum absolute atomic E-state index is 0.116. The fourth-order valence-electron chi connectivity index (χ4n) is 1.96. The summed E-state index contributed by atoms with van der Waals surface area (Å²) in [7, 11) is 0. The molecule has 0 radical (unpaired) electrons. The molecule has 1 fully saturated rings. The van der Waals surface area contributed by atoms with E-state index in [0.29, 0.717) is 24.9 Å². The van der Waals surface area contributed by atoms with E-state index in [1.807, 2.05) is 0 Å². The number of carbonyl (C=O) groups is 1. The number of aromatic nitrogens is 2. The number of aromatic amines is 1. The Bertz CT molecular complexity index is 347. The first kappa shape index (κ1) is 13.0. The molecule has 0 aliphatic carbocycles. The van der Waals surface area contributed by atoms with E-state index >= 15 is 0 Å². The van der Waals surface area contributed by atoms with Gasteiger partial charge in [0.05, 0.1) is 6.10 Å². The lowest BCUT2D eigenvalue weighted by Crippen LogP contribution is -2.33. The maximum absolute atomic E-state index is 11.5. The molecule has 1 aromatic heterocycles. The van der Waals surface area contributed by atoms with Crippen LogP contribution in [0, 0.1) is 0 Å². The fourth-order valence-corrected chi connectivity index (χ4v) is 1.96. The molecule has 6 heteroatoms. The summed E-state index contributed by atoms with van der Waals surface area (Å²) in [6.07, 6.45) is 4.95. The van der Waals surface area contributed by atoms with Crippen LogP contribution in [-0.2, 0) is 4.74 Å². The minimum Gasteiger partial charge on any atom is -0.378 e. The van der Waals surface area contributed by atoms with Crippen LogP contribution in [0.5, 0.6) is 0 Å². The number of hydrogen-bond acceptors (Lipinski definition) is 4. The van der Waals surface area contributed by atoms with Gasteiger partial charge in [0, 0.05) is 19.3 Å². The standard InChI is InChI=1S/C12H20N4O2/c17-12(11-4-8-15-16-11)14-5-1-9-18-10-2-6-13-7-3-10/h4,8,10,13H,1-3,5-7,9H2,(H,14,17)(H,15,16). The van der Waals surface area contributed by atoms with Gasteiger partial charge in [-0.15, -0.1) is 0 Å². The Morgan fingerprint density at radius 3 is 3.06 bits per heavy atom. The van der Waals surface area contributed by atoms with Crippen LogP contribution in [0.3, 0.4) is 0 Å². The van der Waals surface area contributed by atoms with E-state index in [1.54, 1.807) is 12.3 Å². The molecule has 18 heavy (non-hydrogen) atoms. The molecule has 1 aliphatic rings. The van der Waals surface area contributed by atoms with Crippen molar-refractivity contribution in [2.45, 2.75) is 25.4 Å². The molecule has 1 saturated heterocycles. The Kier molecular flexibility index (Phi) is 5.16. The summed E-state index contributed by atoms with van der Waals surface area (Å²) in [5.74, 6) is -0.116. The van der Waals surface area contributed by atoms with Gasteiger partial charge in [0.25, 0.3) is 5.91 Å². The van der Waals surface area contributed by atoms with Crippen molar-refractivity contribution < 1.29 is 9.53 Å². The first-order chi connectivity index (χ1) is 8.86. The van der Waals surface area contributed by atoms with E-state index in [9.17, 15) is 4.79 Å². The Hall–Kier alpha value is -1.40. The Morgan fingerprint density at radius 1 is 1.50 bits per heavy atom. The van der Waals surface area contributed by atoms with Crippen LogP contribution < -0.4 is 10.6 Å². The van der Waals surface area contributed by atoms with Crippen molar-refractivity contribution >= 4 is 5.91 Å². The average molecular weight is 252 g/mol. The molecule has 2 rings (SSSR count). The number of hydrogen-bond donors (Lipinski definition) is 3. The van der Waals surface area contributed by atoms with Crippen molar-refractivity contribution in [2.75, 3.05) is 26.2 Å². The molecule has 0 aromatic carbocycles. The molecule has 1 amide bonds. The quantitative estimate of drug-likeness (QED) is 0.636. The van der Waals surface area contributed by atoms with E-state index in [0.717, 1.165) is 32.4 Å². The van der Waals surface area contributed by atoms with E-state index in [1.165, 1.54) is 0 Å². The van der Waals surface area contributed by atoms with Crippen LogP contribution in [0.4, 0.5) is 0 Å². The molecule has 1 aliphatic heterocycles. The van der Waals surface area contributed by atoms with Crippen LogP contribution in [0.25, 0.3) is 0 Å².